The van der Waals surface area contributed by atoms with Crippen molar-refractivity contribution in [1.29, 1.82) is 0 Å². The molecule has 0 amide bonds. The maximum absolute atomic E-state index is 6.18. The Morgan fingerprint density at radius 1 is 0.615 bits per heavy atom. The zero-order valence-electron chi connectivity index (χ0n) is 14.0. The molecule has 0 bridgehead atoms. The number of hydrogen-bond donors (Lipinski definition) is 1. The van der Waals surface area contributed by atoms with Gasteiger partial charge >= 0.3 is 0 Å². The largest absolute Gasteiger partial charge is 0.456 e. The normalized spacial score (nSPS) is 10.5. The molecule has 0 saturated heterocycles. The first-order chi connectivity index (χ1) is 12.8. The maximum atomic E-state index is 6.18. The van der Waals surface area contributed by atoms with E-state index in [2.05, 4.69) is 12.6 Å². The van der Waals surface area contributed by atoms with Crippen molar-refractivity contribution in [3.05, 3.63) is 102 Å². The third kappa shape index (κ3) is 3.63. The number of hydrogen-bond acceptors (Lipinski definition) is 3. The second-order valence-corrected chi connectivity index (χ2v) is 6.36. The molecule has 126 valence electrons. The average molecular weight is 355 g/mol. The number of benzene rings is 3. The van der Waals surface area contributed by atoms with Crippen LogP contribution in [0.5, 0.6) is 0 Å². The SMILES string of the molecule is Sc1ccccc1N=c1cc(-c2ccccc2)oc(-c2ccccc2)c1. The standard InChI is InChI=1S/C23H17NOS/c26-23-14-8-7-13-20(23)24-19-15-21(17-9-3-1-4-10-17)25-22(16-19)18-11-5-2-6-12-18/h1-16,26H. The molecule has 0 aliphatic heterocycles. The second kappa shape index (κ2) is 7.46. The summed E-state index contributed by atoms with van der Waals surface area (Å²) in [5.41, 5.74) is 2.86. The van der Waals surface area contributed by atoms with Crippen molar-refractivity contribution in [2.45, 2.75) is 4.90 Å². The molecule has 0 atom stereocenters. The van der Waals surface area contributed by atoms with Gasteiger partial charge in [0.15, 0.2) is 0 Å². The highest BCUT2D eigenvalue weighted by atomic mass is 32.1. The van der Waals surface area contributed by atoms with Crippen LogP contribution in [0.3, 0.4) is 0 Å². The monoisotopic (exact) mass is 355 g/mol. The Balaban J connectivity index is 1.93. The molecule has 3 heteroatoms. The summed E-state index contributed by atoms with van der Waals surface area (Å²) in [6, 6.07) is 31.8. The smallest absolute Gasteiger partial charge is 0.136 e. The van der Waals surface area contributed by atoms with E-state index in [0.717, 1.165) is 38.6 Å². The maximum Gasteiger partial charge on any atom is 0.136 e. The van der Waals surface area contributed by atoms with Crippen molar-refractivity contribution in [1.82, 2.24) is 0 Å². The molecule has 3 aromatic carbocycles. The van der Waals surface area contributed by atoms with Gasteiger partial charge in [0.1, 0.15) is 11.5 Å². The van der Waals surface area contributed by atoms with Crippen molar-refractivity contribution < 1.29 is 4.42 Å². The van der Waals surface area contributed by atoms with Crippen LogP contribution in [0.4, 0.5) is 5.69 Å². The highest BCUT2D eigenvalue weighted by molar-refractivity contribution is 7.80. The Morgan fingerprint density at radius 2 is 1.12 bits per heavy atom. The lowest BCUT2D eigenvalue weighted by atomic mass is 10.1. The zero-order valence-corrected chi connectivity index (χ0v) is 14.9. The summed E-state index contributed by atoms with van der Waals surface area (Å²) in [5, 5.41) is 0.829. The third-order valence-corrected chi connectivity index (χ3v) is 4.40. The molecule has 0 saturated carbocycles. The zero-order chi connectivity index (χ0) is 17.8. The molecule has 0 radical (unpaired) electrons. The van der Waals surface area contributed by atoms with Gasteiger partial charge in [-0.1, -0.05) is 72.8 Å². The van der Waals surface area contributed by atoms with Crippen molar-refractivity contribution in [3.8, 4) is 22.6 Å². The molecule has 4 rings (SSSR count). The van der Waals surface area contributed by atoms with Crippen LogP contribution >= 0.6 is 12.6 Å². The summed E-state index contributed by atoms with van der Waals surface area (Å²) in [4.78, 5) is 5.62. The number of nitrogens with zero attached hydrogens (tertiary/aromatic N) is 1. The predicted octanol–water partition coefficient (Wildman–Crippen LogP) is 6.13. The van der Waals surface area contributed by atoms with Gasteiger partial charge in [0.2, 0.25) is 0 Å². The second-order valence-electron chi connectivity index (χ2n) is 5.88. The first-order valence-electron chi connectivity index (χ1n) is 8.38. The molecule has 26 heavy (non-hydrogen) atoms. The fourth-order valence-corrected chi connectivity index (χ4v) is 2.95. The van der Waals surface area contributed by atoms with Crippen molar-refractivity contribution in [2.24, 2.45) is 4.99 Å². The van der Waals surface area contributed by atoms with Crippen molar-refractivity contribution >= 4 is 18.3 Å². The van der Waals surface area contributed by atoms with Gasteiger partial charge in [-0.3, -0.25) is 0 Å². The molecule has 0 aliphatic rings. The van der Waals surface area contributed by atoms with Crippen LogP contribution in [0.2, 0.25) is 0 Å². The minimum Gasteiger partial charge on any atom is -0.456 e. The Labute approximate surface area is 157 Å². The van der Waals surface area contributed by atoms with Crippen molar-refractivity contribution in [3.63, 3.8) is 0 Å². The van der Waals surface area contributed by atoms with Crippen LogP contribution in [0, 0.1) is 0 Å². The predicted molar refractivity (Wildman–Crippen MR) is 108 cm³/mol. The summed E-state index contributed by atoms with van der Waals surface area (Å²) in [5.74, 6) is 1.56. The fourth-order valence-electron chi connectivity index (χ4n) is 2.74. The minimum atomic E-state index is 0.780. The van der Waals surface area contributed by atoms with E-state index in [0.29, 0.717) is 0 Å². The van der Waals surface area contributed by atoms with Gasteiger partial charge < -0.3 is 4.42 Å². The fraction of sp³-hybridized carbons (Fsp3) is 0. The van der Waals surface area contributed by atoms with E-state index in [4.69, 9.17) is 9.41 Å². The summed E-state index contributed by atoms with van der Waals surface area (Å²) >= 11 is 4.50. The molecule has 0 fully saturated rings. The van der Waals surface area contributed by atoms with Crippen molar-refractivity contribution in [2.75, 3.05) is 0 Å². The summed E-state index contributed by atoms with van der Waals surface area (Å²) in [7, 11) is 0. The van der Waals surface area contributed by atoms with E-state index in [9.17, 15) is 0 Å². The first kappa shape index (κ1) is 16.4. The number of rotatable bonds is 3. The Kier molecular flexibility index (Phi) is 4.71. The highest BCUT2D eigenvalue weighted by Crippen LogP contribution is 2.26. The summed E-state index contributed by atoms with van der Waals surface area (Å²) < 4.78 is 6.18. The quantitative estimate of drug-likeness (QED) is 0.439. The molecular weight excluding hydrogens is 338 g/mol. The first-order valence-corrected chi connectivity index (χ1v) is 8.83. The van der Waals surface area contributed by atoms with E-state index in [1.165, 1.54) is 0 Å². The molecular formula is C23H17NOS. The molecule has 2 nitrogen and oxygen atoms in total. The highest BCUT2D eigenvalue weighted by Gasteiger charge is 2.06. The lowest BCUT2D eigenvalue weighted by Crippen LogP contribution is -2.01. The molecule has 0 spiro atoms. The Hall–Kier alpha value is -3.04. The molecule has 0 unspecified atom stereocenters. The van der Waals surface area contributed by atoms with E-state index in [1.807, 2.05) is 97.1 Å². The molecule has 1 heterocycles. The number of para-hydroxylation sites is 1. The van der Waals surface area contributed by atoms with Gasteiger partial charge in [-0.15, -0.1) is 12.6 Å². The van der Waals surface area contributed by atoms with Gasteiger partial charge in [-0.25, -0.2) is 4.99 Å². The summed E-state index contributed by atoms with van der Waals surface area (Å²) in [6.45, 7) is 0. The minimum absolute atomic E-state index is 0.780. The van der Waals surface area contributed by atoms with Gasteiger partial charge in [-0.05, 0) is 12.1 Å². The Morgan fingerprint density at radius 3 is 1.65 bits per heavy atom. The van der Waals surface area contributed by atoms with E-state index in [1.54, 1.807) is 0 Å². The van der Waals surface area contributed by atoms with Crippen LogP contribution in [0.15, 0.2) is 111 Å². The lowest BCUT2D eigenvalue weighted by Gasteiger charge is -2.06. The van der Waals surface area contributed by atoms with E-state index >= 15 is 0 Å². The Bertz CT molecular complexity index is 1020. The molecule has 1 aromatic heterocycles. The van der Waals surface area contributed by atoms with E-state index < -0.39 is 0 Å². The van der Waals surface area contributed by atoms with Gasteiger partial charge in [-0.2, -0.15) is 0 Å². The van der Waals surface area contributed by atoms with Crippen LogP contribution in [-0.4, -0.2) is 0 Å². The van der Waals surface area contributed by atoms with Crippen LogP contribution < -0.4 is 5.36 Å². The van der Waals surface area contributed by atoms with E-state index in [-0.39, 0.29) is 0 Å². The van der Waals surface area contributed by atoms with Gasteiger partial charge in [0, 0.05) is 28.2 Å². The topological polar surface area (TPSA) is 25.5 Å². The third-order valence-electron chi connectivity index (χ3n) is 4.03. The molecule has 0 aliphatic carbocycles. The van der Waals surface area contributed by atoms with Crippen LogP contribution in [-0.2, 0) is 0 Å². The molecule has 0 N–H and O–H groups in total. The van der Waals surface area contributed by atoms with Crippen LogP contribution in [0.25, 0.3) is 22.6 Å². The van der Waals surface area contributed by atoms with Crippen LogP contribution in [0.1, 0.15) is 0 Å². The van der Waals surface area contributed by atoms with Gasteiger partial charge in [0.05, 0.1) is 11.0 Å². The lowest BCUT2D eigenvalue weighted by molar-refractivity contribution is 0.579. The molecule has 4 aromatic rings. The summed E-state index contributed by atoms with van der Waals surface area (Å²) in [6.07, 6.45) is 0. The number of thiol groups is 1. The average Bonchev–Trinajstić information content (AvgIpc) is 2.71. The van der Waals surface area contributed by atoms with Gasteiger partial charge in [0.25, 0.3) is 0 Å².